The number of allylic oxidation sites excluding steroid dienone is 6. The van der Waals surface area contributed by atoms with Crippen LogP contribution in [0.25, 0.3) is 16.3 Å². The highest BCUT2D eigenvalue weighted by Gasteiger charge is 2.29. The van der Waals surface area contributed by atoms with Crippen LogP contribution in [0.3, 0.4) is 0 Å². The number of carboxylic acids is 2. The van der Waals surface area contributed by atoms with Gasteiger partial charge in [-0.05, 0) is 72.6 Å². The maximum Gasteiger partial charge on any atom is 0.304 e. The Balaban J connectivity index is 1.25. The third-order valence-electron chi connectivity index (χ3n) is 9.14. The molecule has 1 atom stereocenters. The van der Waals surface area contributed by atoms with Crippen molar-refractivity contribution in [2.75, 3.05) is 34.5 Å². The molecule has 2 heterocycles. The third kappa shape index (κ3) is 8.95. The van der Waals surface area contributed by atoms with Gasteiger partial charge in [-0.2, -0.15) is 4.57 Å². The Morgan fingerprint density at radius 1 is 0.840 bits per heavy atom. The Bertz CT molecular complexity index is 2160. The van der Waals surface area contributed by atoms with Gasteiger partial charge in [0.1, 0.15) is 10.5 Å². The van der Waals surface area contributed by atoms with Gasteiger partial charge in [0.25, 0.3) is 5.01 Å². The van der Waals surface area contributed by atoms with Crippen molar-refractivity contribution in [1.82, 2.24) is 0 Å². The molecule has 1 aliphatic heterocycles. The number of hydrogen-bond donors (Lipinski definition) is 2. The van der Waals surface area contributed by atoms with Gasteiger partial charge in [-0.3, -0.25) is 9.59 Å². The molecule has 3 aliphatic rings. The summed E-state index contributed by atoms with van der Waals surface area (Å²) < 4.78 is 53.6. The fourth-order valence-electron chi connectivity index (χ4n) is 6.49. The predicted molar refractivity (Wildman–Crippen MR) is 198 cm³/mol. The lowest BCUT2D eigenvalue weighted by atomic mass is 9.77. The van der Waals surface area contributed by atoms with Crippen LogP contribution in [-0.2, 0) is 35.8 Å². The van der Waals surface area contributed by atoms with Crippen LogP contribution in [0, 0.1) is 5.92 Å². The van der Waals surface area contributed by atoms with Gasteiger partial charge in [-0.15, -0.1) is 0 Å². The summed E-state index contributed by atoms with van der Waals surface area (Å²) in [5.74, 6) is -2.86. The second-order valence-electron chi connectivity index (χ2n) is 12.7. The molecule has 14 heteroatoms. The minimum Gasteiger partial charge on any atom is -0.481 e. The fourth-order valence-corrected chi connectivity index (χ4v) is 11.1. The number of aromatic nitrogens is 1. The highest BCUT2D eigenvalue weighted by molar-refractivity contribution is 8.03. The first-order chi connectivity index (χ1) is 23.9. The molecule has 50 heavy (non-hydrogen) atoms. The lowest BCUT2D eigenvalue weighted by Crippen LogP contribution is -2.39. The molecular formula is C36H39N2O8S4+. The molecule has 0 radical (unpaired) electrons. The Labute approximate surface area is 300 Å². The molecule has 2 aromatic carbocycles. The van der Waals surface area contributed by atoms with Crippen LogP contribution in [0.4, 0.5) is 5.69 Å². The summed E-state index contributed by atoms with van der Waals surface area (Å²) in [5.41, 5.74) is 5.45. The number of carboxylic acid groups (broad SMARTS) is 2. The van der Waals surface area contributed by atoms with Crippen LogP contribution in [0.5, 0.6) is 0 Å². The SMILES string of the molecule is O=C(O)CCS(=O)(=O)CCN1C(=CC2=CC3=CC(=Cc4sc5ccccc5[n+]4CCS(=O)(=O)CCC(=O)O)CCC3CC2)Sc2ccccc21. The van der Waals surface area contributed by atoms with Gasteiger partial charge < -0.3 is 15.1 Å². The van der Waals surface area contributed by atoms with Crippen LogP contribution in [0.15, 0.2) is 93.4 Å². The first-order valence-electron chi connectivity index (χ1n) is 16.5. The molecule has 0 fully saturated rings. The summed E-state index contributed by atoms with van der Waals surface area (Å²) in [5, 5.41) is 19.8. The number of fused-ring (bicyclic) bond motifs is 3. The van der Waals surface area contributed by atoms with Crippen LogP contribution >= 0.6 is 23.1 Å². The zero-order valence-electron chi connectivity index (χ0n) is 27.4. The number of para-hydroxylation sites is 2. The Morgan fingerprint density at radius 2 is 1.52 bits per heavy atom. The van der Waals surface area contributed by atoms with E-state index < -0.39 is 44.5 Å². The second kappa shape index (κ2) is 15.3. The quantitative estimate of drug-likeness (QED) is 0.192. The molecule has 10 nitrogen and oxygen atoms in total. The lowest BCUT2D eigenvalue weighted by molar-refractivity contribution is -0.664. The Kier molecular flexibility index (Phi) is 11.0. The average Bonchev–Trinajstić information content (AvgIpc) is 3.61. The van der Waals surface area contributed by atoms with E-state index in [1.165, 1.54) is 5.57 Å². The number of carbonyl (C=O) groups is 2. The fraction of sp³-hybridized carbons (Fsp3) is 0.361. The van der Waals surface area contributed by atoms with Crippen LogP contribution in [0.2, 0.25) is 0 Å². The molecule has 3 aromatic rings. The zero-order chi connectivity index (χ0) is 35.5. The molecule has 264 valence electrons. The molecular weight excluding hydrogens is 717 g/mol. The largest absolute Gasteiger partial charge is 0.481 e. The van der Waals surface area contributed by atoms with E-state index in [0.29, 0.717) is 5.92 Å². The van der Waals surface area contributed by atoms with E-state index in [2.05, 4.69) is 24.3 Å². The number of rotatable bonds is 14. The molecule has 1 aromatic heterocycles. The number of anilines is 1. The number of benzene rings is 2. The van der Waals surface area contributed by atoms with Gasteiger partial charge >= 0.3 is 11.9 Å². The van der Waals surface area contributed by atoms with E-state index in [1.54, 1.807) is 23.1 Å². The van der Waals surface area contributed by atoms with Crippen LogP contribution in [0.1, 0.15) is 43.5 Å². The standard InChI is InChI=1S/C36H38N2O8S4/c39-35(40)13-17-49(43,44)19-15-37-29-5-1-3-7-31(29)47-33(37)23-25-9-11-27-12-10-26(22-28(27)21-25)24-34-38(30-6-2-4-8-32(30)48-34)16-20-50(45,46)18-14-36(41)42/h1-8,21-24,27H,9-20H2,(H-,39,40,41,42)/p+1. The summed E-state index contributed by atoms with van der Waals surface area (Å²) in [4.78, 5) is 25.0. The normalized spacial score (nSPS) is 19.4. The van der Waals surface area contributed by atoms with Gasteiger partial charge in [0.15, 0.2) is 26.2 Å². The van der Waals surface area contributed by atoms with E-state index in [4.69, 9.17) is 10.2 Å². The maximum absolute atomic E-state index is 12.6. The topological polar surface area (TPSA) is 150 Å². The molecule has 1 unspecified atom stereocenters. The zero-order valence-corrected chi connectivity index (χ0v) is 30.6. The van der Waals surface area contributed by atoms with Crippen molar-refractivity contribution in [1.29, 1.82) is 0 Å². The van der Waals surface area contributed by atoms with Gasteiger partial charge in [0.05, 0.1) is 40.8 Å². The van der Waals surface area contributed by atoms with Crippen LogP contribution < -0.4 is 9.47 Å². The number of sulfone groups is 2. The molecule has 2 aliphatic carbocycles. The molecule has 0 saturated carbocycles. The van der Waals surface area contributed by atoms with Crippen molar-refractivity contribution in [2.24, 2.45) is 5.92 Å². The van der Waals surface area contributed by atoms with E-state index in [-0.39, 0.29) is 36.1 Å². The van der Waals surface area contributed by atoms with Crippen LogP contribution in [-0.4, -0.2) is 68.5 Å². The molecule has 2 N–H and O–H groups in total. The average molecular weight is 756 g/mol. The van der Waals surface area contributed by atoms with Gasteiger partial charge in [0, 0.05) is 23.6 Å². The van der Waals surface area contributed by atoms with Gasteiger partial charge in [-0.1, -0.05) is 59.5 Å². The van der Waals surface area contributed by atoms with Crippen molar-refractivity contribution in [3.63, 3.8) is 0 Å². The predicted octanol–water partition coefficient (Wildman–Crippen LogP) is 5.86. The Hall–Kier alpha value is -3.72. The highest BCUT2D eigenvalue weighted by atomic mass is 32.2. The van der Waals surface area contributed by atoms with E-state index in [0.717, 1.165) is 67.7 Å². The van der Waals surface area contributed by atoms with E-state index in [9.17, 15) is 26.4 Å². The van der Waals surface area contributed by atoms with Crippen molar-refractivity contribution in [2.45, 2.75) is 50.0 Å². The summed E-state index contributed by atoms with van der Waals surface area (Å²) >= 11 is 3.21. The number of thioether (sulfide) groups is 1. The Morgan fingerprint density at radius 3 is 2.28 bits per heavy atom. The molecule has 0 saturated heterocycles. The van der Waals surface area contributed by atoms with Crippen molar-refractivity contribution >= 4 is 76.7 Å². The lowest BCUT2D eigenvalue weighted by Gasteiger charge is -2.28. The molecule has 0 bridgehead atoms. The number of nitrogens with zero attached hydrogens (tertiary/aromatic N) is 2. The third-order valence-corrected chi connectivity index (χ3v) is 14.6. The highest BCUT2D eigenvalue weighted by Crippen LogP contribution is 2.47. The van der Waals surface area contributed by atoms with Crippen molar-refractivity contribution < 1.29 is 41.2 Å². The minimum absolute atomic E-state index is 0.140. The summed E-state index contributed by atoms with van der Waals surface area (Å²) in [6.45, 7) is 0.471. The number of aryl methyl sites for hydroxylation is 1. The number of aliphatic carboxylic acids is 2. The number of hydrogen-bond acceptors (Lipinski definition) is 9. The minimum atomic E-state index is -3.54. The van der Waals surface area contributed by atoms with Crippen molar-refractivity contribution in [3.8, 4) is 0 Å². The summed E-state index contributed by atoms with van der Waals surface area (Å²) in [6.07, 6.45) is 11.8. The van der Waals surface area contributed by atoms with E-state index in [1.807, 2.05) is 58.0 Å². The van der Waals surface area contributed by atoms with Gasteiger partial charge in [-0.25, -0.2) is 16.8 Å². The number of thiazole rings is 1. The molecule has 0 spiro atoms. The first kappa shape index (κ1) is 36.1. The smallest absolute Gasteiger partial charge is 0.304 e. The first-order valence-corrected chi connectivity index (χ1v) is 21.8. The maximum atomic E-state index is 12.6. The monoisotopic (exact) mass is 755 g/mol. The van der Waals surface area contributed by atoms with E-state index >= 15 is 0 Å². The second-order valence-corrected chi connectivity index (χ2v) is 19.4. The molecule has 6 rings (SSSR count). The summed E-state index contributed by atoms with van der Waals surface area (Å²) in [7, 11) is -7.08. The van der Waals surface area contributed by atoms with Crippen molar-refractivity contribution in [3.05, 3.63) is 93.5 Å². The van der Waals surface area contributed by atoms with Gasteiger partial charge in [0.2, 0.25) is 5.52 Å². The summed E-state index contributed by atoms with van der Waals surface area (Å²) in [6, 6.07) is 15.8. The molecule has 0 amide bonds.